The lowest BCUT2D eigenvalue weighted by Gasteiger charge is -2.28. The van der Waals surface area contributed by atoms with Gasteiger partial charge in [0.1, 0.15) is 11.6 Å². The summed E-state index contributed by atoms with van der Waals surface area (Å²) in [6.07, 6.45) is 7.74. The van der Waals surface area contributed by atoms with Gasteiger partial charge in [-0.15, -0.1) is 0 Å². The third-order valence-electron chi connectivity index (χ3n) is 15.6. The van der Waals surface area contributed by atoms with Crippen molar-refractivity contribution in [1.82, 2.24) is 14.5 Å². The van der Waals surface area contributed by atoms with Crippen molar-refractivity contribution in [1.29, 1.82) is 0 Å². The highest BCUT2D eigenvalue weighted by Gasteiger charge is 2.30. The summed E-state index contributed by atoms with van der Waals surface area (Å²) >= 11 is 0. The first-order valence-electron chi connectivity index (χ1n) is 28.2. The van der Waals surface area contributed by atoms with Gasteiger partial charge in [-0.05, 0) is 175 Å². The van der Waals surface area contributed by atoms with E-state index in [1.54, 1.807) is 0 Å². The van der Waals surface area contributed by atoms with Gasteiger partial charge in [-0.25, -0.2) is 4.98 Å². The van der Waals surface area contributed by atoms with Crippen molar-refractivity contribution in [3.8, 4) is 78.6 Å². The van der Waals surface area contributed by atoms with Crippen molar-refractivity contribution >= 4 is 11.0 Å². The first-order valence-corrected chi connectivity index (χ1v) is 27.2. The van der Waals surface area contributed by atoms with E-state index in [1.165, 1.54) is 41.5 Å². The van der Waals surface area contributed by atoms with E-state index in [0.29, 0.717) is 11.4 Å². The van der Waals surface area contributed by atoms with Gasteiger partial charge in [-0.2, -0.15) is 0 Å². The predicted molar refractivity (Wildman–Crippen MR) is 319 cm³/mol. The molecule has 1 aliphatic carbocycles. The number of benzene rings is 7. The zero-order chi connectivity index (χ0) is 55.0. The van der Waals surface area contributed by atoms with Crippen molar-refractivity contribution in [3.05, 3.63) is 191 Å². The lowest BCUT2D eigenvalue weighted by molar-refractivity contribution is 0.446. The Bertz CT molecular complexity index is 3660. The van der Waals surface area contributed by atoms with Crippen molar-refractivity contribution in [3.63, 3.8) is 0 Å². The van der Waals surface area contributed by atoms with Crippen LogP contribution in [0.15, 0.2) is 152 Å². The first kappa shape index (κ1) is 48.9. The molecule has 0 saturated carbocycles. The number of imidazole rings is 1. The summed E-state index contributed by atoms with van der Waals surface area (Å²) in [5, 5.41) is 12.8. The van der Waals surface area contributed by atoms with Crippen molar-refractivity contribution in [2.45, 2.75) is 150 Å². The number of phenols is 1. The fraction of sp³-hybridized carbons (Fsp3) is 0.324. The van der Waals surface area contributed by atoms with Crippen molar-refractivity contribution in [2.24, 2.45) is 0 Å². The largest absolute Gasteiger partial charge is 0.507 e. The summed E-state index contributed by atoms with van der Waals surface area (Å²) in [7, 11) is 0. The van der Waals surface area contributed by atoms with E-state index in [0.717, 1.165) is 102 Å². The monoisotopic (exact) mass is 990 g/mol. The number of aryl methyl sites for hydroxylation is 2. The molecule has 0 unspecified atom stereocenters. The maximum Gasteiger partial charge on any atom is 0.149 e. The van der Waals surface area contributed by atoms with E-state index in [1.807, 2.05) is 46.0 Å². The summed E-state index contributed by atoms with van der Waals surface area (Å²) in [4.78, 5) is 10.8. The van der Waals surface area contributed by atoms with Gasteiger partial charge in [-0.3, -0.25) is 9.55 Å². The van der Waals surface area contributed by atoms with Crippen LogP contribution in [0.25, 0.3) is 83.9 Å². The minimum absolute atomic E-state index is 0.104. The molecule has 0 aliphatic heterocycles. The molecule has 2 aromatic heterocycles. The van der Waals surface area contributed by atoms with E-state index in [9.17, 15) is 5.11 Å². The Morgan fingerprint density at radius 3 is 1.83 bits per heavy atom. The molecule has 4 heteroatoms. The average Bonchev–Trinajstić information content (AvgIpc) is 3.80. The molecule has 0 saturated heterocycles. The molecule has 0 amide bonds. The lowest BCUT2D eigenvalue weighted by atomic mass is 9.79. The number of hydrogen-bond acceptors (Lipinski definition) is 3. The Balaban J connectivity index is 1.26. The second-order valence-electron chi connectivity index (χ2n) is 24.8. The number of hydrogen-bond donors (Lipinski definition) is 1. The smallest absolute Gasteiger partial charge is 0.149 e. The number of rotatable bonds is 9. The van der Waals surface area contributed by atoms with Gasteiger partial charge in [0.25, 0.3) is 0 Å². The van der Waals surface area contributed by atoms with Gasteiger partial charge < -0.3 is 5.11 Å². The van der Waals surface area contributed by atoms with Gasteiger partial charge in [0, 0.05) is 31.2 Å². The summed E-state index contributed by atoms with van der Waals surface area (Å²) in [5.74, 6) is -0.765. The minimum atomic E-state index is -0.848. The van der Waals surface area contributed by atoms with Crippen molar-refractivity contribution in [2.75, 3.05) is 0 Å². The summed E-state index contributed by atoms with van der Waals surface area (Å²) < 4.78 is 20.3. The number of aromatic hydroxyl groups is 1. The number of nitrogens with zero attached hydrogens (tertiary/aromatic N) is 3. The zero-order valence-electron chi connectivity index (χ0n) is 48.8. The average molecular weight is 990 g/mol. The Hall–Kier alpha value is -7.04. The summed E-state index contributed by atoms with van der Waals surface area (Å²) in [6, 6.07) is 52.6. The Morgan fingerprint density at radius 2 is 1.15 bits per heavy atom. The fourth-order valence-electron chi connectivity index (χ4n) is 10.9. The third-order valence-corrected chi connectivity index (χ3v) is 15.6. The molecule has 75 heavy (non-hydrogen) atoms. The standard InChI is InChI=1S/C71H77N3O/c1-44(2)51-34-52(45(3)4)36-54(35-51)49-31-32-72-63(40-49)56-38-53(46-21-16-14-17-22-46)37-55(39-56)59-25-20-26-65-66(59)73-68(61-42-58(70(8,9)10)43-62(67(61)75)71(11,12)13)74(65)64-30-29-57(69(5,6)7)41-60(64)50-28-27-47-23-18-15-19-24-48(47)33-50/h14,16-17,20-22,25-45,75H,15,18-19,23-24H2,1-13H3/i44D,45D. The number of phenolic OH excluding ortho intramolecular Hbond substituents is 1. The zero-order valence-corrected chi connectivity index (χ0v) is 46.8. The van der Waals surface area contributed by atoms with Crippen LogP contribution in [-0.2, 0) is 29.1 Å². The molecule has 4 nitrogen and oxygen atoms in total. The van der Waals surface area contributed by atoms with E-state index >= 15 is 0 Å². The first-order chi connectivity index (χ1) is 36.2. The van der Waals surface area contributed by atoms with Crippen LogP contribution in [-0.4, -0.2) is 19.6 Å². The SMILES string of the molecule is [2H]C(C)(C)c1cc(-c2ccnc(-c3cc(-c4ccccc4)cc(-c4cccc5c4nc(-c4cc(C(C)(C)C)cc(C(C)(C)C)c4O)n5-c4ccc(C(C)(C)C)cc4-c4ccc5c(c4)CCCCC5)c3)c2)cc(C([2H])(C)C)c1. The molecular weight excluding hydrogens is 911 g/mol. The van der Waals surface area contributed by atoms with Crippen LogP contribution in [0, 0.1) is 0 Å². The molecule has 0 spiro atoms. The molecule has 7 aromatic carbocycles. The normalized spacial score (nSPS) is 14.1. The highest BCUT2D eigenvalue weighted by molar-refractivity contribution is 5.98. The molecule has 0 radical (unpaired) electrons. The quantitative estimate of drug-likeness (QED) is 0.147. The van der Waals surface area contributed by atoms with Crippen LogP contribution in [0.2, 0.25) is 0 Å². The van der Waals surface area contributed by atoms with Crippen LogP contribution in [0.4, 0.5) is 0 Å². The highest BCUT2D eigenvalue weighted by Crippen LogP contribution is 2.47. The number of fused-ring (bicyclic) bond motifs is 2. The maximum atomic E-state index is 12.8. The van der Waals surface area contributed by atoms with Gasteiger partial charge in [0.15, 0.2) is 0 Å². The lowest BCUT2D eigenvalue weighted by Crippen LogP contribution is -2.17. The number of pyridine rings is 1. The third kappa shape index (κ3) is 10.4. The molecule has 0 fully saturated rings. The van der Waals surface area contributed by atoms with Crippen LogP contribution in [0.1, 0.15) is 163 Å². The van der Waals surface area contributed by atoms with E-state index < -0.39 is 11.8 Å². The Kier molecular flexibility index (Phi) is 13.0. The van der Waals surface area contributed by atoms with Gasteiger partial charge in [0.2, 0.25) is 0 Å². The second-order valence-corrected chi connectivity index (χ2v) is 24.8. The van der Waals surface area contributed by atoms with E-state index in [-0.39, 0.29) is 22.0 Å². The van der Waals surface area contributed by atoms with Crippen LogP contribution in [0.3, 0.4) is 0 Å². The fourth-order valence-corrected chi connectivity index (χ4v) is 10.9. The number of aromatic nitrogens is 3. The molecule has 0 bridgehead atoms. The molecule has 10 rings (SSSR count). The Labute approximate surface area is 450 Å². The topological polar surface area (TPSA) is 50.9 Å². The number of para-hydroxylation sites is 1. The van der Waals surface area contributed by atoms with Crippen LogP contribution in [0.5, 0.6) is 5.75 Å². The molecule has 382 valence electrons. The molecule has 1 aliphatic rings. The van der Waals surface area contributed by atoms with Crippen molar-refractivity contribution < 1.29 is 7.85 Å². The molecule has 9 aromatic rings. The predicted octanol–water partition coefficient (Wildman–Crippen LogP) is 19.5. The maximum absolute atomic E-state index is 12.8. The molecule has 0 atom stereocenters. The second kappa shape index (κ2) is 19.9. The van der Waals surface area contributed by atoms with Gasteiger partial charge in [0.05, 0.1) is 28.0 Å². The minimum Gasteiger partial charge on any atom is -0.507 e. The Morgan fingerprint density at radius 1 is 0.493 bits per heavy atom. The van der Waals surface area contributed by atoms with Crippen LogP contribution >= 0.6 is 0 Å². The van der Waals surface area contributed by atoms with Gasteiger partial charge >= 0.3 is 0 Å². The van der Waals surface area contributed by atoms with Crippen LogP contribution < -0.4 is 0 Å². The van der Waals surface area contributed by atoms with Gasteiger partial charge in [-0.1, -0.05) is 187 Å². The molecular formula is C71H77N3O. The molecule has 2 heterocycles. The summed E-state index contributed by atoms with van der Waals surface area (Å²) in [5.41, 5.74) is 20.8. The highest BCUT2D eigenvalue weighted by atomic mass is 16.3. The van der Waals surface area contributed by atoms with E-state index in [2.05, 4.69) is 200 Å². The molecule has 1 N–H and O–H groups in total. The summed E-state index contributed by atoms with van der Waals surface area (Å²) in [6.45, 7) is 27.7. The van der Waals surface area contributed by atoms with E-state index in [4.69, 9.17) is 12.7 Å².